The van der Waals surface area contributed by atoms with Crippen molar-refractivity contribution in [1.29, 1.82) is 0 Å². The lowest BCUT2D eigenvalue weighted by molar-refractivity contribution is 0.112. The van der Waals surface area contributed by atoms with Gasteiger partial charge >= 0.3 is 6.09 Å². The smallest absolute Gasteiger partial charge is 0.414 e. The third kappa shape index (κ3) is 2.20. The Morgan fingerprint density at radius 1 is 1.19 bits per heavy atom. The fraction of sp³-hybridized carbons (Fsp3) is 0.562. The molecule has 0 unspecified atom stereocenters. The lowest BCUT2D eigenvalue weighted by Gasteiger charge is -2.40. The Kier molecular flexibility index (Phi) is 3.10. The van der Waals surface area contributed by atoms with Crippen molar-refractivity contribution < 1.29 is 13.9 Å². The van der Waals surface area contributed by atoms with E-state index in [1.165, 1.54) is 31.4 Å². The van der Waals surface area contributed by atoms with E-state index in [1.807, 2.05) is 6.07 Å². The second-order valence-corrected chi connectivity index (χ2v) is 6.22. The van der Waals surface area contributed by atoms with Crippen molar-refractivity contribution in [2.24, 2.45) is 0 Å². The van der Waals surface area contributed by atoms with E-state index >= 15 is 0 Å². The number of cyclic esters (lactones) is 1. The monoisotopic (exact) mass is 290 g/mol. The molecule has 1 aromatic carbocycles. The van der Waals surface area contributed by atoms with Gasteiger partial charge in [-0.05, 0) is 37.0 Å². The lowest BCUT2D eigenvalue weighted by atomic mass is 9.90. The standard InChI is InChI=1S/C16H19FN2O2/c17-12-5-4-11-9-18(13-2-1-3-13)7-6-14-10-21-16(20)19(14)15(11)8-12/h4-5,8,13-14H,1-3,6-7,9-10H2/t14-/m0/s1. The molecule has 0 radical (unpaired) electrons. The average molecular weight is 290 g/mol. The first kappa shape index (κ1) is 13.1. The minimum atomic E-state index is -0.344. The molecule has 0 aromatic heterocycles. The molecular formula is C16H19FN2O2. The van der Waals surface area contributed by atoms with Gasteiger partial charge in [-0.1, -0.05) is 12.5 Å². The topological polar surface area (TPSA) is 32.8 Å². The predicted molar refractivity (Wildman–Crippen MR) is 76.7 cm³/mol. The van der Waals surface area contributed by atoms with Gasteiger partial charge in [-0.2, -0.15) is 0 Å². The van der Waals surface area contributed by atoms with Crippen LogP contribution in [0.1, 0.15) is 31.2 Å². The second-order valence-electron chi connectivity index (χ2n) is 6.22. The first-order valence-corrected chi connectivity index (χ1v) is 7.71. The molecule has 2 heterocycles. The first-order valence-electron chi connectivity index (χ1n) is 7.71. The minimum absolute atomic E-state index is 0.0286. The number of fused-ring (bicyclic) bond motifs is 3. The van der Waals surface area contributed by atoms with Gasteiger partial charge in [0.25, 0.3) is 0 Å². The maximum atomic E-state index is 13.7. The molecule has 112 valence electrons. The number of hydrogen-bond donors (Lipinski definition) is 0. The molecule has 21 heavy (non-hydrogen) atoms. The molecule has 1 saturated carbocycles. The molecule has 0 bridgehead atoms. The van der Waals surface area contributed by atoms with Crippen LogP contribution >= 0.6 is 0 Å². The fourth-order valence-electron chi connectivity index (χ4n) is 3.54. The maximum absolute atomic E-state index is 13.7. The van der Waals surface area contributed by atoms with Gasteiger partial charge in [0.1, 0.15) is 12.4 Å². The SMILES string of the molecule is O=C1OC[C@@H]2CCN(C3CCC3)Cc3ccc(F)cc3N12. The van der Waals surface area contributed by atoms with Crippen LogP contribution in [-0.2, 0) is 11.3 Å². The fourth-order valence-corrected chi connectivity index (χ4v) is 3.54. The molecule has 2 fully saturated rings. The largest absolute Gasteiger partial charge is 0.447 e. The predicted octanol–water partition coefficient (Wildman–Crippen LogP) is 2.91. The Balaban J connectivity index is 1.73. The van der Waals surface area contributed by atoms with Gasteiger partial charge in [0.05, 0.1) is 11.7 Å². The molecular weight excluding hydrogens is 271 g/mol. The zero-order valence-electron chi connectivity index (χ0n) is 11.9. The molecule has 3 aliphatic rings. The van der Waals surface area contributed by atoms with Crippen LogP contribution in [0, 0.1) is 5.82 Å². The van der Waals surface area contributed by atoms with Gasteiger partial charge in [0, 0.05) is 19.1 Å². The number of nitrogens with zero attached hydrogens (tertiary/aromatic N) is 2. The summed E-state index contributed by atoms with van der Waals surface area (Å²) in [4.78, 5) is 16.1. The van der Waals surface area contributed by atoms with Gasteiger partial charge in [-0.3, -0.25) is 9.80 Å². The molecule has 4 rings (SSSR count). The highest BCUT2D eigenvalue weighted by atomic mass is 19.1. The highest BCUT2D eigenvalue weighted by molar-refractivity contribution is 5.91. The van der Waals surface area contributed by atoms with Gasteiger partial charge in [-0.25, -0.2) is 9.18 Å². The van der Waals surface area contributed by atoms with Crippen molar-refractivity contribution in [3.05, 3.63) is 29.6 Å². The van der Waals surface area contributed by atoms with Crippen LogP contribution in [0.5, 0.6) is 0 Å². The summed E-state index contributed by atoms with van der Waals surface area (Å²) in [6, 6.07) is 5.44. The zero-order chi connectivity index (χ0) is 14.4. The van der Waals surface area contributed by atoms with E-state index in [0.29, 0.717) is 18.3 Å². The number of ether oxygens (including phenoxy) is 1. The molecule has 0 spiro atoms. The third-order valence-corrected chi connectivity index (χ3v) is 4.98. The molecule has 1 amide bonds. The number of carbonyl (C=O) groups excluding carboxylic acids is 1. The Hall–Kier alpha value is -1.62. The van der Waals surface area contributed by atoms with Crippen LogP contribution in [-0.4, -0.2) is 36.2 Å². The summed E-state index contributed by atoms with van der Waals surface area (Å²) in [6.07, 6.45) is 4.34. The normalized spacial score (nSPS) is 26.4. The Morgan fingerprint density at radius 2 is 2.05 bits per heavy atom. The first-order chi connectivity index (χ1) is 10.2. The van der Waals surface area contributed by atoms with Gasteiger partial charge in [-0.15, -0.1) is 0 Å². The molecule has 2 aliphatic heterocycles. The number of benzene rings is 1. The van der Waals surface area contributed by atoms with E-state index in [2.05, 4.69) is 4.90 Å². The van der Waals surface area contributed by atoms with Crippen molar-refractivity contribution in [1.82, 2.24) is 4.90 Å². The summed E-state index contributed by atoms with van der Waals surface area (Å²) in [5.41, 5.74) is 1.71. The van der Waals surface area contributed by atoms with Gasteiger partial charge in [0.2, 0.25) is 0 Å². The van der Waals surface area contributed by atoms with Gasteiger partial charge < -0.3 is 4.74 Å². The summed E-state index contributed by atoms with van der Waals surface area (Å²) in [5, 5.41) is 0. The molecule has 4 nitrogen and oxygen atoms in total. The Morgan fingerprint density at radius 3 is 2.81 bits per heavy atom. The summed E-state index contributed by atoms with van der Waals surface area (Å²) >= 11 is 0. The van der Waals surface area contributed by atoms with Crippen molar-refractivity contribution in [2.45, 2.75) is 44.3 Å². The summed E-state index contributed by atoms with van der Waals surface area (Å²) in [7, 11) is 0. The van der Waals surface area contributed by atoms with E-state index in [-0.39, 0.29) is 18.0 Å². The Bertz CT molecular complexity index is 573. The highest BCUT2D eigenvalue weighted by Crippen LogP contribution is 2.35. The Labute approximate surface area is 123 Å². The van der Waals surface area contributed by atoms with Crippen LogP contribution in [0.25, 0.3) is 0 Å². The summed E-state index contributed by atoms with van der Waals surface area (Å²) in [6.45, 7) is 2.17. The van der Waals surface area contributed by atoms with Crippen molar-refractivity contribution in [3.63, 3.8) is 0 Å². The second kappa shape index (κ2) is 4.98. The number of carbonyl (C=O) groups is 1. The van der Waals surface area contributed by atoms with Crippen molar-refractivity contribution >= 4 is 11.8 Å². The van der Waals surface area contributed by atoms with E-state index < -0.39 is 0 Å². The van der Waals surface area contributed by atoms with Crippen LogP contribution in [0.15, 0.2) is 18.2 Å². The summed E-state index contributed by atoms with van der Waals surface area (Å²) < 4.78 is 18.8. The molecule has 1 atom stereocenters. The van der Waals surface area contributed by atoms with E-state index in [0.717, 1.165) is 25.1 Å². The van der Waals surface area contributed by atoms with Crippen molar-refractivity contribution in [2.75, 3.05) is 18.1 Å². The van der Waals surface area contributed by atoms with E-state index in [9.17, 15) is 9.18 Å². The molecule has 1 saturated heterocycles. The number of anilines is 1. The van der Waals surface area contributed by atoms with Crippen LogP contribution in [0.3, 0.4) is 0 Å². The zero-order valence-corrected chi connectivity index (χ0v) is 11.9. The highest BCUT2D eigenvalue weighted by Gasteiger charge is 2.38. The van der Waals surface area contributed by atoms with Gasteiger partial charge in [0.15, 0.2) is 0 Å². The number of hydrogen-bond acceptors (Lipinski definition) is 3. The third-order valence-electron chi connectivity index (χ3n) is 4.98. The van der Waals surface area contributed by atoms with Crippen molar-refractivity contribution in [3.8, 4) is 0 Å². The number of halogens is 1. The van der Waals surface area contributed by atoms with E-state index in [1.54, 1.807) is 4.90 Å². The maximum Gasteiger partial charge on any atom is 0.414 e. The number of amides is 1. The lowest BCUT2D eigenvalue weighted by Crippen LogP contribution is -2.45. The summed E-state index contributed by atoms with van der Waals surface area (Å²) in [5.74, 6) is -0.303. The minimum Gasteiger partial charge on any atom is -0.447 e. The van der Waals surface area contributed by atoms with E-state index in [4.69, 9.17) is 4.74 Å². The quantitative estimate of drug-likeness (QED) is 0.797. The molecule has 1 aliphatic carbocycles. The molecule has 5 heteroatoms. The van der Waals surface area contributed by atoms with Crippen LogP contribution in [0.2, 0.25) is 0 Å². The molecule has 1 aromatic rings. The van der Waals surface area contributed by atoms with Crippen LogP contribution in [0.4, 0.5) is 14.9 Å². The molecule has 0 N–H and O–H groups in total. The average Bonchev–Trinajstić information content (AvgIpc) is 2.74. The van der Waals surface area contributed by atoms with Crippen LogP contribution < -0.4 is 4.90 Å². The number of rotatable bonds is 1.